The van der Waals surface area contributed by atoms with Gasteiger partial charge in [-0.1, -0.05) is 0 Å². The molecule has 2 atom stereocenters. The monoisotopic (exact) mass is 270 g/mol. The predicted molar refractivity (Wildman–Crippen MR) is 69.4 cm³/mol. The van der Waals surface area contributed by atoms with Gasteiger partial charge >= 0.3 is 0 Å². The predicted octanol–water partition coefficient (Wildman–Crippen LogP) is -1.96. The molecule has 2 aliphatic heterocycles. The van der Waals surface area contributed by atoms with Crippen LogP contribution < -0.4 is 16.4 Å². The Balaban J connectivity index is 1.62. The van der Waals surface area contributed by atoms with Crippen LogP contribution in [-0.2, 0) is 14.3 Å². The van der Waals surface area contributed by atoms with E-state index in [1.54, 1.807) is 0 Å². The zero-order chi connectivity index (χ0) is 13.7. The van der Waals surface area contributed by atoms with Crippen LogP contribution >= 0.6 is 0 Å². The highest BCUT2D eigenvalue weighted by Crippen LogP contribution is 2.22. The fourth-order valence-electron chi connectivity index (χ4n) is 2.55. The van der Waals surface area contributed by atoms with Gasteiger partial charge in [-0.25, -0.2) is 0 Å². The zero-order valence-electron chi connectivity index (χ0n) is 11.1. The Morgan fingerprint density at radius 2 is 2.16 bits per heavy atom. The van der Waals surface area contributed by atoms with Crippen molar-refractivity contribution in [1.82, 2.24) is 15.5 Å². The Hall–Kier alpha value is -1.18. The molecule has 0 aromatic heterocycles. The highest BCUT2D eigenvalue weighted by atomic mass is 16.5. The number of ether oxygens (including phenoxy) is 1. The van der Waals surface area contributed by atoms with Gasteiger partial charge in [-0.15, -0.1) is 0 Å². The number of hydrogen-bond acceptors (Lipinski definition) is 5. The summed E-state index contributed by atoms with van der Waals surface area (Å²) in [6.45, 7) is 3.11. The average Bonchev–Trinajstić information content (AvgIpc) is 2.89. The fourth-order valence-corrected chi connectivity index (χ4v) is 2.55. The van der Waals surface area contributed by atoms with Gasteiger partial charge in [-0.3, -0.25) is 14.5 Å². The van der Waals surface area contributed by atoms with E-state index < -0.39 is 0 Å². The Bertz CT molecular complexity index is 337. The summed E-state index contributed by atoms with van der Waals surface area (Å²) in [6.07, 6.45) is 2.49. The normalized spacial score (nSPS) is 26.8. The van der Waals surface area contributed by atoms with E-state index in [4.69, 9.17) is 10.5 Å². The van der Waals surface area contributed by atoms with Gasteiger partial charge in [0.05, 0.1) is 25.8 Å². The van der Waals surface area contributed by atoms with E-state index in [1.807, 2.05) is 0 Å². The van der Waals surface area contributed by atoms with Crippen molar-refractivity contribution in [1.29, 1.82) is 0 Å². The van der Waals surface area contributed by atoms with Crippen LogP contribution in [0.5, 0.6) is 0 Å². The molecule has 0 saturated carbocycles. The number of fused-ring (bicyclic) bond motifs is 1. The van der Waals surface area contributed by atoms with Crippen LogP contribution in [0.4, 0.5) is 0 Å². The smallest absolute Gasteiger partial charge is 0.239 e. The summed E-state index contributed by atoms with van der Waals surface area (Å²) in [5, 5.41) is 5.20. The van der Waals surface area contributed by atoms with Gasteiger partial charge in [-0.05, 0) is 19.4 Å². The molecule has 0 aromatic rings. The van der Waals surface area contributed by atoms with Gasteiger partial charge in [-0.2, -0.15) is 0 Å². The lowest BCUT2D eigenvalue weighted by molar-refractivity contribution is -0.126. The third-order valence-corrected chi connectivity index (χ3v) is 3.62. The van der Waals surface area contributed by atoms with Crippen LogP contribution in [0.3, 0.4) is 0 Å². The van der Waals surface area contributed by atoms with E-state index in [-0.39, 0.29) is 31.0 Å². The van der Waals surface area contributed by atoms with E-state index in [0.717, 1.165) is 19.7 Å². The number of amides is 2. The number of morpholine rings is 1. The van der Waals surface area contributed by atoms with Crippen LogP contribution in [0.15, 0.2) is 0 Å². The summed E-state index contributed by atoms with van der Waals surface area (Å²) < 4.78 is 5.73. The first kappa shape index (κ1) is 14.2. The molecule has 2 aliphatic rings. The van der Waals surface area contributed by atoms with Crippen LogP contribution in [-0.4, -0.2) is 68.2 Å². The number of nitrogens with two attached hydrogens (primary N) is 1. The maximum absolute atomic E-state index is 11.5. The van der Waals surface area contributed by atoms with Gasteiger partial charge in [0.15, 0.2) is 0 Å². The van der Waals surface area contributed by atoms with Crippen LogP contribution in [0, 0.1) is 0 Å². The minimum atomic E-state index is -0.330. The molecular weight excluding hydrogens is 248 g/mol. The van der Waals surface area contributed by atoms with Gasteiger partial charge in [0.1, 0.15) is 0 Å². The molecular formula is C12H22N4O3. The molecule has 7 heteroatoms. The second-order valence-electron chi connectivity index (χ2n) is 5.03. The van der Waals surface area contributed by atoms with E-state index in [0.29, 0.717) is 12.6 Å². The van der Waals surface area contributed by atoms with Crippen molar-refractivity contribution in [3.8, 4) is 0 Å². The number of hydrogen-bond donors (Lipinski definition) is 3. The van der Waals surface area contributed by atoms with Gasteiger partial charge in [0.2, 0.25) is 11.8 Å². The van der Waals surface area contributed by atoms with E-state index in [9.17, 15) is 9.59 Å². The molecule has 0 bridgehead atoms. The molecule has 2 heterocycles. The van der Waals surface area contributed by atoms with Crippen LogP contribution in [0.25, 0.3) is 0 Å². The number of carbonyl (C=O) groups is 2. The zero-order valence-corrected chi connectivity index (χ0v) is 11.1. The number of rotatable bonds is 5. The molecule has 2 amide bonds. The maximum atomic E-state index is 11.5. The summed E-state index contributed by atoms with van der Waals surface area (Å²) in [6, 6.07) is 0.566. The molecule has 0 spiro atoms. The molecule has 7 nitrogen and oxygen atoms in total. The third kappa shape index (κ3) is 4.15. The first-order valence-electron chi connectivity index (χ1n) is 6.78. The molecule has 2 saturated heterocycles. The average molecular weight is 270 g/mol. The molecule has 108 valence electrons. The van der Waals surface area contributed by atoms with E-state index >= 15 is 0 Å². The van der Waals surface area contributed by atoms with E-state index in [2.05, 4.69) is 15.5 Å². The Morgan fingerprint density at radius 3 is 2.95 bits per heavy atom. The van der Waals surface area contributed by atoms with Crippen molar-refractivity contribution >= 4 is 11.8 Å². The third-order valence-electron chi connectivity index (χ3n) is 3.62. The second kappa shape index (κ2) is 6.83. The Kier molecular flexibility index (Phi) is 5.12. The Labute approximate surface area is 112 Å². The molecule has 2 unspecified atom stereocenters. The van der Waals surface area contributed by atoms with Crippen LogP contribution in [0.2, 0.25) is 0 Å². The largest absolute Gasteiger partial charge is 0.373 e. The van der Waals surface area contributed by atoms with Gasteiger partial charge < -0.3 is 21.1 Å². The number of nitrogens with zero attached hydrogens (tertiary/aromatic N) is 1. The minimum Gasteiger partial charge on any atom is -0.373 e. The van der Waals surface area contributed by atoms with Crippen molar-refractivity contribution in [3.05, 3.63) is 0 Å². The number of nitrogens with one attached hydrogen (secondary N) is 2. The van der Waals surface area contributed by atoms with Crippen molar-refractivity contribution < 1.29 is 14.3 Å². The highest BCUT2D eigenvalue weighted by Gasteiger charge is 2.32. The highest BCUT2D eigenvalue weighted by molar-refractivity contribution is 5.85. The van der Waals surface area contributed by atoms with Gasteiger partial charge in [0.25, 0.3) is 0 Å². The standard InChI is InChI=1S/C12H22N4O3/c13-4-11(17)15-6-12(18)14-5-10-7-16-3-1-2-9(16)8-19-10/h9-10H,1-8,13H2,(H,14,18)(H,15,17). The SMILES string of the molecule is NCC(=O)NCC(=O)NCC1CN2CCCC2CO1. The molecule has 2 rings (SSSR count). The molecule has 2 fully saturated rings. The summed E-state index contributed by atoms with van der Waals surface area (Å²) in [4.78, 5) is 24.8. The molecule has 4 N–H and O–H groups in total. The lowest BCUT2D eigenvalue weighted by Gasteiger charge is -2.35. The lowest BCUT2D eigenvalue weighted by Crippen LogP contribution is -2.51. The molecule has 0 radical (unpaired) electrons. The summed E-state index contributed by atoms with van der Waals surface area (Å²) in [5.41, 5.74) is 5.13. The van der Waals surface area contributed by atoms with Crippen molar-refractivity contribution in [2.24, 2.45) is 5.73 Å². The molecule has 0 aromatic carbocycles. The van der Waals surface area contributed by atoms with E-state index in [1.165, 1.54) is 12.8 Å². The molecule has 0 aliphatic carbocycles. The first-order valence-corrected chi connectivity index (χ1v) is 6.78. The molecule has 19 heavy (non-hydrogen) atoms. The number of carbonyl (C=O) groups excluding carboxylic acids is 2. The minimum absolute atomic E-state index is 0.0326. The maximum Gasteiger partial charge on any atom is 0.239 e. The van der Waals surface area contributed by atoms with Crippen molar-refractivity contribution in [2.75, 3.05) is 39.3 Å². The van der Waals surface area contributed by atoms with Crippen molar-refractivity contribution in [2.45, 2.75) is 25.0 Å². The topological polar surface area (TPSA) is 96.7 Å². The van der Waals surface area contributed by atoms with Crippen molar-refractivity contribution in [3.63, 3.8) is 0 Å². The first-order chi connectivity index (χ1) is 9.19. The van der Waals surface area contributed by atoms with Crippen LogP contribution in [0.1, 0.15) is 12.8 Å². The summed E-state index contributed by atoms with van der Waals surface area (Å²) in [7, 11) is 0. The Morgan fingerprint density at radius 1 is 1.32 bits per heavy atom. The summed E-state index contributed by atoms with van der Waals surface area (Å²) >= 11 is 0. The lowest BCUT2D eigenvalue weighted by atomic mass is 10.2. The fraction of sp³-hybridized carbons (Fsp3) is 0.833. The quantitative estimate of drug-likeness (QED) is 0.539. The van der Waals surface area contributed by atoms with Gasteiger partial charge in [0, 0.05) is 19.1 Å². The second-order valence-corrected chi connectivity index (χ2v) is 5.03. The summed E-state index contributed by atoms with van der Waals surface area (Å²) in [5.74, 6) is -0.544.